The van der Waals surface area contributed by atoms with Gasteiger partial charge in [0.2, 0.25) is 0 Å². The predicted molar refractivity (Wildman–Crippen MR) is 96.0 cm³/mol. The maximum absolute atomic E-state index is 12.2. The molecule has 128 valence electrons. The Labute approximate surface area is 144 Å². The quantitative estimate of drug-likeness (QED) is 0.686. The van der Waals surface area contributed by atoms with Crippen LogP contribution >= 0.6 is 0 Å². The summed E-state index contributed by atoms with van der Waals surface area (Å²) in [5, 5.41) is 0. The van der Waals surface area contributed by atoms with Gasteiger partial charge in [-0.1, -0.05) is 60.7 Å². The van der Waals surface area contributed by atoms with Crippen molar-refractivity contribution in [2.45, 2.75) is 51.7 Å². The third-order valence-electron chi connectivity index (χ3n) is 3.66. The van der Waals surface area contributed by atoms with E-state index in [0.717, 1.165) is 11.1 Å². The molecule has 0 saturated carbocycles. The van der Waals surface area contributed by atoms with Crippen molar-refractivity contribution in [2.75, 3.05) is 0 Å². The van der Waals surface area contributed by atoms with Crippen LogP contribution in [0.3, 0.4) is 0 Å². The maximum atomic E-state index is 12.2. The SMILES string of the molecule is CC(C)(Cc1ccccc1)OC(=O)OC(C)(C)Cc1ccccc1. The molecule has 0 radical (unpaired) electrons. The van der Waals surface area contributed by atoms with Crippen molar-refractivity contribution in [2.24, 2.45) is 0 Å². The van der Waals surface area contributed by atoms with E-state index in [0.29, 0.717) is 12.8 Å². The third-order valence-corrected chi connectivity index (χ3v) is 3.66. The smallest absolute Gasteiger partial charge is 0.428 e. The van der Waals surface area contributed by atoms with Crippen LogP contribution in [0.1, 0.15) is 38.8 Å². The molecule has 3 nitrogen and oxygen atoms in total. The summed E-state index contributed by atoms with van der Waals surface area (Å²) in [6.45, 7) is 7.58. The minimum Gasteiger partial charge on any atom is -0.428 e. The standard InChI is InChI=1S/C21H26O3/c1-20(2,15-17-11-7-5-8-12-17)23-19(22)24-21(3,4)16-18-13-9-6-10-14-18/h5-14H,15-16H2,1-4H3. The average molecular weight is 326 g/mol. The van der Waals surface area contributed by atoms with Crippen LogP contribution in [0.5, 0.6) is 0 Å². The molecule has 3 heteroatoms. The normalized spacial score (nSPS) is 11.8. The highest BCUT2D eigenvalue weighted by molar-refractivity contribution is 5.61. The highest BCUT2D eigenvalue weighted by Crippen LogP contribution is 2.22. The lowest BCUT2D eigenvalue weighted by Crippen LogP contribution is -2.36. The van der Waals surface area contributed by atoms with Gasteiger partial charge in [0.15, 0.2) is 0 Å². The number of hydrogen-bond acceptors (Lipinski definition) is 3. The summed E-state index contributed by atoms with van der Waals surface area (Å²) in [4.78, 5) is 12.2. The van der Waals surface area contributed by atoms with E-state index in [1.54, 1.807) is 0 Å². The Hall–Kier alpha value is -2.29. The number of ether oxygens (including phenoxy) is 2. The Morgan fingerprint density at radius 1 is 0.708 bits per heavy atom. The average Bonchev–Trinajstić information content (AvgIpc) is 2.46. The summed E-state index contributed by atoms with van der Waals surface area (Å²) < 4.78 is 11.1. The first-order chi connectivity index (χ1) is 11.3. The zero-order chi connectivity index (χ0) is 17.6. The second-order valence-electron chi connectivity index (χ2n) is 7.30. The van der Waals surface area contributed by atoms with Gasteiger partial charge in [-0.25, -0.2) is 4.79 Å². The number of hydrogen-bond donors (Lipinski definition) is 0. The van der Waals surface area contributed by atoms with Crippen molar-refractivity contribution in [3.63, 3.8) is 0 Å². The van der Waals surface area contributed by atoms with Crippen LogP contribution < -0.4 is 0 Å². The first kappa shape index (κ1) is 18.1. The van der Waals surface area contributed by atoms with Crippen LogP contribution in [-0.4, -0.2) is 17.4 Å². The fraction of sp³-hybridized carbons (Fsp3) is 0.381. The molecule has 0 fully saturated rings. The molecule has 2 aromatic rings. The van der Waals surface area contributed by atoms with E-state index in [2.05, 4.69) is 0 Å². The lowest BCUT2D eigenvalue weighted by Gasteiger charge is -2.29. The van der Waals surface area contributed by atoms with Crippen molar-refractivity contribution in [1.82, 2.24) is 0 Å². The maximum Gasteiger partial charge on any atom is 0.509 e. The fourth-order valence-electron chi connectivity index (χ4n) is 2.72. The van der Waals surface area contributed by atoms with Crippen LogP contribution in [0.25, 0.3) is 0 Å². The van der Waals surface area contributed by atoms with Crippen molar-refractivity contribution in [1.29, 1.82) is 0 Å². The number of benzene rings is 2. The van der Waals surface area contributed by atoms with E-state index < -0.39 is 17.4 Å². The Morgan fingerprint density at radius 3 is 1.38 bits per heavy atom. The van der Waals surface area contributed by atoms with Gasteiger partial charge in [0.05, 0.1) is 0 Å². The summed E-state index contributed by atoms with van der Waals surface area (Å²) in [6, 6.07) is 19.9. The molecule has 0 aliphatic rings. The molecule has 0 unspecified atom stereocenters. The molecule has 2 rings (SSSR count). The van der Waals surface area contributed by atoms with E-state index in [4.69, 9.17) is 9.47 Å². The molecule has 0 aliphatic heterocycles. The van der Waals surface area contributed by atoms with Crippen LogP contribution in [0.15, 0.2) is 60.7 Å². The van der Waals surface area contributed by atoms with Crippen molar-refractivity contribution >= 4 is 6.16 Å². The summed E-state index contributed by atoms with van der Waals surface area (Å²) in [5.41, 5.74) is 1.00. The third kappa shape index (κ3) is 6.07. The first-order valence-electron chi connectivity index (χ1n) is 8.26. The zero-order valence-corrected chi connectivity index (χ0v) is 14.9. The summed E-state index contributed by atoms with van der Waals surface area (Å²) in [6.07, 6.45) is 0.654. The molecule has 0 atom stereocenters. The minimum absolute atomic E-state index is 0.624. The van der Waals surface area contributed by atoms with Gasteiger partial charge in [0, 0.05) is 12.8 Å². The number of rotatable bonds is 6. The van der Waals surface area contributed by atoms with Crippen molar-refractivity contribution < 1.29 is 14.3 Å². The molecule has 0 saturated heterocycles. The Morgan fingerprint density at radius 2 is 1.04 bits per heavy atom. The lowest BCUT2D eigenvalue weighted by atomic mass is 9.98. The van der Waals surface area contributed by atoms with Gasteiger partial charge in [-0.2, -0.15) is 0 Å². The van der Waals surface area contributed by atoms with Crippen LogP contribution in [0.4, 0.5) is 4.79 Å². The molecular weight excluding hydrogens is 300 g/mol. The largest absolute Gasteiger partial charge is 0.509 e. The van der Waals surface area contributed by atoms with Gasteiger partial charge in [-0.15, -0.1) is 0 Å². The second-order valence-corrected chi connectivity index (χ2v) is 7.30. The second kappa shape index (κ2) is 7.52. The molecule has 0 bridgehead atoms. The minimum atomic E-state index is -0.628. The van der Waals surface area contributed by atoms with Crippen molar-refractivity contribution in [3.8, 4) is 0 Å². The van der Waals surface area contributed by atoms with Gasteiger partial charge in [0.1, 0.15) is 11.2 Å². The molecule has 0 aliphatic carbocycles. The van der Waals surface area contributed by atoms with Crippen LogP contribution in [-0.2, 0) is 22.3 Å². The van der Waals surface area contributed by atoms with Gasteiger partial charge in [-0.05, 0) is 38.8 Å². The molecule has 0 amide bonds. The van der Waals surface area contributed by atoms with Crippen LogP contribution in [0, 0.1) is 0 Å². The topological polar surface area (TPSA) is 35.5 Å². The monoisotopic (exact) mass is 326 g/mol. The highest BCUT2D eigenvalue weighted by atomic mass is 16.7. The molecule has 0 N–H and O–H groups in total. The predicted octanol–water partition coefficient (Wildman–Crippen LogP) is 5.18. The van der Waals surface area contributed by atoms with Crippen molar-refractivity contribution in [3.05, 3.63) is 71.8 Å². The number of carbonyl (C=O) groups excluding carboxylic acids is 1. The molecule has 2 aromatic carbocycles. The van der Waals surface area contributed by atoms with Gasteiger partial charge in [0.25, 0.3) is 0 Å². The summed E-state index contributed by atoms with van der Waals surface area (Å²) >= 11 is 0. The first-order valence-corrected chi connectivity index (χ1v) is 8.26. The lowest BCUT2D eigenvalue weighted by molar-refractivity contribution is -0.0582. The summed E-state index contributed by atoms with van der Waals surface area (Å²) in [7, 11) is 0. The van der Waals surface area contributed by atoms with E-state index in [1.165, 1.54) is 0 Å². The molecule has 0 aromatic heterocycles. The van der Waals surface area contributed by atoms with Gasteiger partial charge in [-0.3, -0.25) is 0 Å². The van der Waals surface area contributed by atoms with E-state index >= 15 is 0 Å². The number of carbonyl (C=O) groups is 1. The summed E-state index contributed by atoms with van der Waals surface area (Å²) in [5.74, 6) is 0. The fourth-order valence-corrected chi connectivity index (χ4v) is 2.72. The highest BCUT2D eigenvalue weighted by Gasteiger charge is 2.29. The zero-order valence-electron chi connectivity index (χ0n) is 14.9. The van der Waals surface area contributed by atoms with E-state index in [1.807, 2.05) is 88.4 Å². The molecule has 0 heterocycles. The Kier molecular flexibility index (Phi) is 5.66. The molecule has 24 heavy (non-hydrogen) atoms. The van der Waals surface area contributed by atoms with Crippen LogP contribution in [0.2, 0.25) is 0 Å². The van der Waals surface area contributed by atoms with Gasteiger partial charge >= 0.3 is 6.16 Å². The Bertz CT molecular complexity index is 588. The van der Waals surface area contributed by atoms with E-state index in [-0.39, 0.29) is 0 Å². The van der Waals surface area contributed by atoms with E-state index in [9.17, 15) is 4.79 Å². The van der Waals surface area contributed by atoms with Gasteiger partial charge < -0.3 is 9.47 Å². The Balaban J connectivity index is 1.91. The molecule has 0 spiro atoms. The molecular formula is C21H26O3.